The number of halogens is 1. The van der Waals surface area contributed by atoms with Crippen LogP contribution in [0.15, 0.2) is 0 Å². The van der Waals surface area contributed by atoms with Crippen molar-refractivity contribution in [1.82, 2.24) is 4.98 Å². The summed E-state index contributed by atoms with van der Waals surface area (Å²) in [5, 5.41) is 1.68. The highest BCUT2D eigenvalue weighted by atomic mass is 35.5. The van der Waals surface area contributed by atoms with Gasteiger partial charge in [0.25, 0.3) is 0 Å². The molecule has 3 heteroatoms. The van der Waals surface area contributed by atoms with E-state index < -0.39 is 0 Å². The molecule has 1 saturated carbocycles. The Bertz CT molecular complexity index is 341. The molecule has 0 N–H and O–H groups in total. The fourth-order valence-corrected chi connectivity index (χ4v) is 4.02. The van der Waals surface area contributed by atoms with E-state index in [0.717, 1.165) is 12.8 Å². The van der Waals surface area contributed by atoms with Crippen molar-refractivity contribution >= 4 is 22.9 Å². The number of hydrogen-bond donors (Lipinski definition) is 0. The van der Waals surface area contributed by atoms with Crippen molar-refractivity contribution in [3.63, 3.8) is 0 Å². The third-order valence-corrected chi connectivity index (χ3v) is 4.87. The minimum Gasteiger partial charge on any atom is -0.246 e. The van der Waals surface area contributed by atoms with Crippen LogP contribution >= 0.6 is 22.9 Å². The molecule has 0 spiro atoms. The van der Waals surface area contributed by atoms with Crippen molar-refractivity contribution in [3.8, 4) is 0 Å². The Labute approximate surface area is 101 Å². The van der Waals surface area contributed by atoms with Crippen molar-refractivity contribution in [2.75, 3.05) is 0 Å². The van der Waals surface area contributed by atoms with E-state index in [-0.39, 0.29) is 0 Å². The maximum absolute atomic E-state index is 6.18. The highest BCUT2D eigenvalue weighted by molar-refractivity contribution is 7.11. The van der Waals surface area contributed by atoms with Gasteiger partial charge in [-0.15, -0.1) is 22.9 Å². The van der Waals surface area contributed by atoms with Crippen LogP contribution in [0.5, 0.6) is 0 Å². The van der Waals surface area contributed by atoms with E-state index >= 15 is 0 Å². The van der Waals surface area contributed by atoms with Crippen molar-refractivity contribution < 1.29 is 0 Å². The van der Waals surface area contributed by atoms with E-state index in [0.29, 0.717) is 10.8 Å². The van der Waals surface area contributed by atoms with Gasteiger partial charge in [-0.05, 0) is 38.5 Å². The second-order valence-corrected chi connectivity index (χ2v) is 6.98. The van der Waals surface area contributed by atoms with Gasteiger partial charge < -0.3 is 0 Å². The number of thiazole rings is 1. The molecule has 2 rings (SSSR count). The van der Waals surface area contributed by atoms with Crippen LogP contribution in [-0.4, -0.2) is 10.4 Å². The Kier molecular flexibility index (Phi) is 3.09. The molecule has 1 aromatic heterocycles. The lowest BCUT2D eigenvalue weighted by molar-refractivity contribution is 0.334. The fraction of sp³-hybridized carbons (Fsp3) is 0.750. The second-order valence-electron chi connectivity index (χ2n) is 5.08. The van der Waals surface area contributed by atoms with Gasteiger partial charge in [-0.3, -0.25) is 0 Å². The molecule has 1 aliphatic rings. The lowest BCUT2D eigenvalue weighted by Gasteiger charge is -2.21. The van der Waals surface area contributed by atoms with Gasteiger partial charge in [-0.2, -0.15) is 0 Å². The summed E-state index contributed by atoms with van der Waals surface area (Å²) in [6.45, 7) is 6.59. The van der Waals surface area contributed by atoms with Crippen LogP contribution in [0, 0.1) is 19.3 Å². The van der Waals surface area contributed by atoms with E-state index in [4.69, 9.17) is 11.6 Å². The van der Waals surface area contributed by atoms with Crippen LogP contribution in [0.4, 0.5) is 0 Å². The quantitative estimate of drug-likeness (QED) is 0.713. The SMILES string of the molecule is Cc1nc(CC2(C)CCC(Cl)C2)sc1C. The predicted octanol–water partition coefficient (Wildman–Crippen LogP) is 4.10. The molecular weight excluding hydrogens is 226 g/mol. The molecule has 1 nitrogen and oxygen atoms in total. The molecule has 2 atom stereocenters. The van der Waals surface area contributed by atoms with Gasteiger partial charge in [-0.25, -0.2) is 4.98 Å². The van der Waals surface area contributed by atoms with E-state index in [1.165, 1.54) is 28.4 Å². The van der Waals surface area contributed by atoms with Crippen LogP contribution in [0.1, 0.15) is 41.8 Å². The number of hydrogen-bond acceptors (Lipinski definition) is 2. The summed E-state index contributed by atoms with van der Waals surface area (Å²) in [6, 6.07) is 0. The molecule has 1 fully saturated rings. The Hall–Kier alpha value is -0.0800. The number of nitrogens with zero attached hydrogens (tertiary/aromatic N) is 1. The number of rotatable bonds is 2. The normalized spacial score (nSPS) is 31.1. The van der Waals surface area contributed by atoms with Crippen molar-refractivity contribution in [2.24, 2.45) is 5.41 Å². The van der Waals surface area contributed by atoms with Gasteiger partial charge in [0, 0.05) is 16.7 Å². The highest BCUT2D eigenvalue weighted by Crippen LogP contribution is 2.43. The third-order valence-electron chi connectivity index (χ3n) is 3.43. The van der Waals surface area contributed by atoms with Gasteiger partial charge in [0.1, 0.15) is 0 Å². The smallest absolute Gasteiger partial charge is 0.0936 e. The lowest BCUT2D eigenvalue weighted by Crippen LogP contribution is -2.15. The number of aryl methyl sites for hydroxylation is 2. The lowest BCUT2D eigenvalue weighted by atomic mass is 9.85. The average molecular weight is 244 g/mol. The maximum atomic E-state index is 6.18. The summed E-state index contributed by atoms with van der Waals surface area (Å²) in [4.78, 5) is 5.97. The van der Waals surface area contributed by atoms with Crippen LogP contribution in [0.3, 0.4) is 0 Å². The Morgan fingerprint density at radius 3 is 2.73 bits per heavy atom. The van der Waals surface area contributed by atoms with Gasteiger partial charge in [0.05, 0.1) is 10.7 Å². The molecule has 15 heavy (non-hydrogen) atoms. The minimum atomic E-state index is 0.386. The summed E-state index contributed by atoms with van der Waals surface area (Å²) < 4.78 is 0. The minimum absolute atomic E-state index is 0.386. The number of aromatic nitrogens is 1. The van der Waals surface area contributed by atoms with Crippen molar-refractivity contribution in [2.45, 2.75) is 51.8 Å². The standard InChI is InChI=1S/C12H18ClNS/c1-8-9(2)15-11(14-8)7-12(3)5-4-10(13)6-12/h10H,4-7H2,1-3H3. The van der Waals surface area contributed by atoms with Crippen LogP contribution < -0.4 is 0 Å². The third kappa shape index (κ3) is 2.54. The van der Waals surface area contributed by atoms with Crippen LogP contribution in [0.2, 0.25) is 0 Å². The highest BCUT2D eigenvalue weighted by Gasteiger charge is 2.34. The first-order valence-corrected chi connectivity index (χ1v) is 6.81. The van der Waals surface area contributed by atoms with Crippen molar-refractivity contribution in [1.29, 1.82) is 0 Å². The van der Waals surface area contributed by atoms with E-state index in [1.807, 2.05) is 11.3 Å². The first kappa shape index (κ1) is 11.4. The Morgan fingerprint density at radius 1 is 1.53 bits per heavy atom. The largest absolute Gasteiger partial charge is 0.246 e. The topological polar surface area (TPSA) is 12.9 Å². The molecule has 0 aromatic carbocycles. The van der Waals surface area contributed by atoms with Crippen molar-refractivity contribution in [3.05, 3.63) is 15.6 Å². The summed E-state index contributed by atoms with van der Waals surface area (Å²) in [5.41, 5.74) is 1.59. The van der Waals surface area contributed by atoms with Gasteiger partial charge in [0.15, 0.2) is 0 Å². The van der Waals surface area contributed by atoms with E-state index in [9.17, 15) is 0 Å². The van der Waals surface area contributed by atoms with Gasteiger partial charge in [-0.1, -0.05) is 6.92 Å². The Morgan fingerprint density at radius 2 is 2.27 bits per heavy atom. The summed E-state index contributed by atoms with van der Waals surface area (Å²) in [6.07, 6.45) is 4.67. The van der Waals surface area contributed by atoms with Gasteiger partial charge >= 0.3 is 0 Å². The van der Waals surface area contributed by atoms with E-state index in [1.54, 1.807) is 0 Å². The maximum Gasteiger partial charge on any atom is 0.0936 e. The molecule has 2 unspecified atom stereocenters. The van der Waals surface area contributed by atoms with E-state index in [2.05, 4.69) is 25.8 Å². The summed E-state index contributed by atoms with van der Waals surface area (Å²) in [5.74, 6) is 0. The monoisotopic (exact) mass is 243 g/mol. The second kappa shape index (κ2) is 4.06. The average Bonchev–Trinajstić information content (AvgIpc) is 2.58. The first-order valence-electron chi connectivity index (χ1n) is 5.55. The molecule has 1 heterocycles. The zero-order chi connectivity index (χ0) is 11.1. The molecular formula is C12H18ClNS. The number of alkyl halides is 1. The molecule has 0 aliphatic heterocycles. The fourth-order valence-electron chi connectivity index (χ4n) is 2.38. The first-order chi connectivity index (χ1) is 6.98. The zero-order valence-electron chi connectivity index (χ0n) is 9.64. The molecule has 0 amide bonds. The Balaban J connectivity index is 2.08. The summed E-state index contributed by atoms with van der Waals surface area (Å²) >= 11 is 8.03. The van der Waals surface area contributed by atoms with Crippen LogP contribution in [0.25, 0.3) is 0 Å². The van der Waals surface area contributed by atoms with Gasteiger partial charge in [0.2, 0.25) is 0 Å². The predicted molar refractivity (Wildman–Crippen MR) is 66.9 cm³/mol. The summed E-state index contributed by atoms with van der Waals surface area (Å²) in [7, 11) is 0. The molecule has 0 radical (unpaired) electrons. The van der Waals surface area contributed by atoms with Crippen LogP contribution in [-0.2, 0) is 6.42 Å². The molecule has 0 bridgehead atoms. The molecule has 84 valence electrons. The molecule has 0 saturated heterocycles. The molecule has 1 aliphatic carbocycles. The zero-order valence-corrected chi connectivity index (χ0v) is 11.2. The molecule has 1 aromatic rings.